The zero-order valence-electron chi connectivity index (χ0n) is 14.6. The summed E-state index contributed by atoms with van der Waals surface area (Å²) in [6.45, 7) is -0.489. The molecular weight excluding hydrogens is 420 g/mol. The largest absolute Gasteiger partial charge is 0.495 e. The van der Waals surface area contributed by atoms with Gasteiger partial charge in [0.05, 0.1) is 19.8 Å². The molecule has 3 N–H and O–H groups in total. The molecule has 0 unspecified atom stereocenters. The Morgan fingerprint density at radius 3 is 2.04 bits per heavy atom. The second kappa shape index (κ2) is 9.04. The van der Waals surface area contributed by atoms with Gasteiger partial charge in [0.25, 0.3) is 5.91 Å². The number of benzene rings is 2. The van der Waals surface area contributed by atoms with Gasteiger partial charge in [-0.1, -0.05) is 0 Å². The summed E-state index contributed by atoms with van der Waals surface area (Å²) in [5.41, 5.74) is 6.07. The van der Waals surface area contributed by atoms with Gasteiger partial charge in [-0.3, -0.25) is 9.59 Å². The summed E-state index contributed by atoms with van der Waals surface area (Å²) in [5.74, 6) is -1.03. The second-order valence-electron chi connectivity index (χ2n) is 5.26. The number of ether oxygens (including phenoxy) is 3. The molecule has 0 saturated heterocycles. The average molecular weight is 437 g/mol. The minimum atomic E-state index is -0.710. The Bertz CT molecular complexity index is 842. The normalized spacial score (nSPS) is 10.0. The highest BCUT2D eigenvalue weighted by Gasteiger charge is 2.17. The smallest absolute Gasteiger partial charge is 0.338 e. The van der Waals surface area contributed by atoms with E-state index in [-0.39, 0.29) is 5.56 Å². The number of primary amides is 1. The Balaban J connectivity index is 1.98. The Kier molecular flexibility index (Phi) is 6.78. The van der Waals surface area contributed by atoms with Crippen molar-refractivity contribution in [3.8, 4) is 11.5 Å². The Labute approximate surface area is 163 Å². The van der Waals surface area contributed by atoms with Crippen molar-refractivity contribution < 1.29 is 28.6 Å². The average Bonchev–Trinajstić information content (AvgIpc) is 2.66. The predicted molar refractivity (Wildman–Crippen MR) is 101 cm³/mol. The number of hydrogen-bond donors (Lipinski definition) is 2. The molecule has 9 heteroatoms. The van der Waals surface area contributed by atoms with Crippen molar-refractivity contribution in [1.29, 1.82) is 0 Å². The van der Waals surface area contributed by atoms with Crippen LogP contribution in [0.1, 0.15) is 20.7 Å². The number of rotatable bonds is 7. The first kappa shape index (κ1) is 20.2. The maximum atomic E-state index is 12.2. The molecule has 0 aliphatic carbocycles. The minimum Gasteiger partial charge on any atom is -0.495 e. The van der Waals surface area contributed by atoms with Crippen LogP contribution >= 0.6 is 15.9 Å². The molecule has 2 rings (SSSR count). The first-order valence-electron chi connectivity index (χ1n) is 7.64. The molecule has 2 amide bonds. The number of anilines is 1. The molecule has 0 aliphatic rings. The van der Waals surface area contributed by atoms with Crippen LogP contribution in [-0.2, 0) is 9.53 Å². The first-order chi connectivity index (χ1) is 12.8. The molecule has 27 heavy (non-hydrogen) atoms. The van der Waals surface area contributed by atoms with Gasteiger partial charge in [-0.15, -0.1) is 0 Å². The Hall–Kier alpha value is -3.07. The van der Waals surface area contributed by atoms with E-state index in [2.05, 4.69) is 21.2 Å². The van der Waals surface area contributed by atoms with E-state index < -0.39 is 24.4 Å². The van der Waals surface area contributed by atoms with E-state index in [4.69, 9.17) is 19.9 Å². The standard InChI is InChI=1S/C18H17BrN2O6/c1-25-13-7-11(8-14(26-2)16(13)19)18(24)27-9-15(22)21-12-5-3-10(4-6-12)17(20)23/h3-8H,9H2,1-2H3,(H2,20,23)(H,21,22). The van der Waals surface area contributed by atoms with Gasteiger partial charge >= 0.3 is 5.97 Å². The number of hydrogen-bond acceptors (Lipinski definition) is 6. The molecule has 0 atom stereocenters. The number of halogens is 1. The molecule has 0 spiro atoms. The number of methoxy groups -OCH3 is 2. The lowest BCUT2D eigenvalue weighted by Crippen LogP contribution is -2.21. The maximum absolute atomic E-state index is 12.2. The van der Waals surface area contributed by atoms with E-state index in [1.807, 2.05) is 0 Å². The van der Waals surface area contributed by atoms with Crippen LogP contribution < -0.4 is 20.5 Å². The van der Waals surface area contributed by atoms with Crippen molar-refractivity contribution in [3.63, 3.8) is 0 Å². The molecule has 142 valence electrons. The first-order valence-corrected chi connectivity index (χ1v) is 8.43. The van der Waals surface area contributed by atoms with E-state index >= 15 is 0 Å². The van der Waals surface area contributed by atoms with E-state index in [0.29, 0.717) is 27.2 Å². The third-order valence-electron chi connectivity index (χ3n) is 3.47. The molecular formula is C18H17BrN2O6. The topological polar surface area (TPSA) is 117 Å². The summed E-state index contributed by atoms with van der Waals surface area (Å²) in [6.07, 6.45) is 0. The van der Waals surface area contributed by atoms with Crippen LogP contribution in [-0.4, -0.2) is 38.6 Å². The Morgan fingerprint density at radius 2 is 1.56 bits per heavy atom. The summed E-state index contributed by atoms with van der Waals surface area (Å²) in [6, 6.07) is 8.92. The molecule has 8 nitrogen and oxygen atoms in total. The molecule has 0 aromatic heterocycles. The third kappa shape index (κ3) is 5.20. The number of carbonyl (C=O) groups is 3. The van der Waals surface area contributed by atoms with Crippen LogP contribution in [0.15, 0.2) is 40.9 Å². The van der Waals surface area contributed by atoms with Crippen LogP contribution in [0, 0.1) is 0 Å². The summed E-state index contributed by atoms with van der Waals surface area (Å²) >= 11 is 3.30. The fraction of sp³-hybridized carbons (Fsp3) is 0.167. The second-order valence-corrected chi connectivity index (χ2v) is 6.05. The van der Waals surface area contributed by atoms with E-state index in [1.165, 1.54) is 50.6 Å². The molecule has 2 aromatic carbocycles. The maximum Gasteiger partial charge on any atom is 0.338 e. The molecule has 0 heterocycles. The van der Waals surface area contributed by atoms with Crippen molar-refractivity contribution in [2.24, 2.45) is 5.73 Å². The minimum absolute atomic E-state index is 0.172. The molecule has 2 aromatic rings. The van der Waals surface area contributed by atoms with Gasteiger partial charge in [0.2, 0.25) is 5.91 Å². The van der Waals surface area contributed by atoms with Gasteiger partial charge in [0.1, 0.15) is 16.0 Å². The van der Waals surface area contributed by atoms with Crippen LogP contribution in [0.4, 0.5) is 5.69 Å². The van der Waals surface area contributed by atoms with Crippen LogP contribution in [0.5, 0.6) is 11.5 Å². The predicted octanol–water partition coefficient (Wildman–Crippen LogP) is 2.36. The summed E-state index contributed by atoms with van der Waals surface area (Å²) in [7, 11) is 2.90. The zero-order chi connectivity index (χ0) is 20.0. The molecule has 0 saturated carbocycles. The van der Waals surface area contributed by atoms with Crippen molar-refractivity contribution in [2.75, 3.05) is 26.1 Å². The van der Waals surface area contributed by atoms with Gasteiger partial charge < -0.3 is 25.3 Å². The van der Waals surface area contributed by atoms with Gasteiger partial charge in [0.15, 0.2) is 6.61 Å². The quantitative estimate of drug-likeness (QED) is 0.643. The number of nitrogens with two attached hydrogens (primary N) is 1. The van der Waals surface area contributed by atoms with Crippen molar-refractivity contribution in [3.05, 3.63) is 52.0 Å². The van der Waals surface area contributed by atoms with E-state index in [0.717, 1.165) is 0 Å². The Morgan fingerprint density at radius 1 is 1.00 bits per heavy atom. The van der Waals surface area contributed by atoms with Crippen LogP contribution in [0.2, 0.25) is 0 Å². The molecule has 0 fully saturated rings. The highest BCUT2D eigenvalue weighted by Crippen LogP contribution is 2.35. The third-order valence-corrected chi connectivity index (χ3v) is 4.25. The lowest BCUT2D eigenvalue weighted by atomic mass is 10.2. The van der Waals surface area contributed by atoms with Crippen molar-refractivity contribution >= 4 is 39.4 Å². The molecule has 0 radical (unpaired) electrons. The van der Waals surface area contributed by atoms with E-state index in [9.17, 15) is 14.4 Å². The fourth-order valence-corrected chi connectivity index (χ4v) is 2.67. The number of carbonyl (C=O) groups excluding carboxylic acids is 3. The SMILES string of the molecule is COc1cc(C(=O)OCC(=O)Nc2ccc(C(N)=O)cc2)cc(OC)c1Br. The summed E-state index contributed by atoms with van der Waals surface area (Å²) in [5, 5.41) is 2.54. The number of amides is 2. The van der Waals surface area contributed by atoms with Crippen LogP contribution in [0.25, 0.3) is 0 Å². The lowest BCUT2D eigenvalue weighted by molar-refractivity contribution is -0.119. The highest BCUT2D eigenvalue weighted by atomic mass is 79.9. The molecule has 0 aliphatic heterocycles. The fourth-order valence-electron chi connectivity index (χ4n) is 2.12. The van der Waals surface area contributed by atoms with Crippen molar-refractivity contribution in [2.45, 2.75) is 0 Å². The molecule has 0 bridgehead atoms. The number of nitrogens with one attached hydrogen (secondary N) is 1. The summed E-state index contributed by atoms with van der Waals surface area (Å²) < 4.78 is 15.9. The number of esters is 1. The van der Waals surface area contributed by atoms with Gasteiger partial charge in [-0.05, 0) is 52.3 Å². The zero-order valence-corrected chi connectivity index (χ0v) is 16.2. The summed E-state index contributed by atoms with van der Waals surface area (Å²) in [4.78, 5) is 35.1. The van der Waals surface area contributed by atoms with Gasteiger partial charge in [0, 0.05) is 11.3 Å². The van der Waals surface area contributed by atoms with Gasteiger partial charge in [-0.25, -0.2) is 4.79 Å². The van der Waals surface area contributed by atoms with E-state index in [1.54, 1.807) is 0 Å². The van der Waals surface area contributed by atoms with Gasteiger partial charge in [-0.2, -0.15) is 0 Å². The monoisotopic (exact) mass is 436 g/mol. The lowest BCUT2D eigenvalue weighted by Gasteiger charge is -2.11. The van der Waals surface area contributed by atoms with Crippen molar-refractivity contribution in [1.82, 2.24) is 0 Å². The van der Waals surface area contributed by atoms with Crippen LogP contribution in [0.3, 0.4) is 0 Å². The highest BCUT2D eigenvalue weighted by molar-refractivity contribution is 9.10.